The topological polar surface area (TPSA) is 34.9 Å². The Balaban J connectivity index is 2.71. The quantitative estimate of drug-likeness (QED) is 0.569. The van der Waals surface area contributed by atoms with Gasteiger partial charge in [0, 0.05) is 12.6 Å². The summed E-state index contributed by atoms with van der Waals surface area (Å²) in [6.45, 7) is 3.77. The first-order valence-corrected chi connectivity index (χ1v) is 5.24. The first kappa shape index (κ1) is 10.6. The lowest BCUT2D eigenvalue weighted by atomic mass is 10.1. The van der Waals surface area contributed by atoms with Crippen LogP contribution in [-0.2, 0) is 7.05 Å². The first-order chi connectivity index (χ1) is 7.65. The van der Waals surface area contributed by atoms with E-state index in [-0.39, 0.29) is 5.78 Å². The molecule has 0 aliphatic heterocycles. The molecule has 0 atom stereocenters. The summed E-state index contributed by atoms with van der Waals surface area (Å²) in [5.74, 6) is 0.918. The van der Waals surface area contributed by atoms with E-state index in [2.05, 4.69) is 4.98 Å². The Labute approximate surface area is 94.4 Å². The van der Waals surface area contributed by atoms with E-state index in [4.69, 9.17) is 0 Å². The van der Waals surface area contributed by atoms with E-state index in [1.54, 1.807) is 12.2 Å². The molecule has 0 aliphatic carbocycles. The van der Waals surface area contributed by atoms with Crippen molar-refractivity contribution in [1.29, 1.82) is 0 Å². The number of allylic oxidation sites excluding steroid dienone is 2. The van der Waals surface area contributed by atoms with Gasteiger partial charge in [-0.25, -0.2) is 4.98 Å². The number of carbonyl (C=O) groups is 1. The zero-order valence-electron chi connectivity index (χ0n) is 9.69. The van der Waals surface area contributed by atoms with Crippen molar-refractivity contribution < 1.29 is 4.79 Å². The number of nitrogens with zero attached hydrogens (tertiary/aromatic N) is 2. The van der Waals surface area contributed by atoms with Crippen molar-refractivity contribution >= 4 is 16.8 Å². The van der Waals surface area contributed by atoms with Gasteiger partial charge in [0.05, 0.1) is 11.0 Å². The van der Waals surface area contributed by atoms with Gasteiger partial charge in [-0.15, -0.1) is 0 Å². The Kier molecular flexibility index (Phi) is 2.60. The number of fused-ring (bicyclic) bond motifs is 1. The molecule has 3 nitrogen and oxygen atoms in total. The molecule has 2 aromatic rings. The van der Waals surface area contributed by atoms with Crippen molar-refractivity contribution in [2.24, 2.45) is 7.05 Å². The summed E-state index contributed by atoms with van der Waals surface area (Å²) in [6.07, 6.45) is 3.32. The van der Waals surface area contributed by atoms with Crippen molar-refractivity contribution in [3.63, 3.8) is 0 Å². The third-order valence-corrected chi connectivity index (χ3v) is 2.72. The number of ketones is 1. The lowest BCUT2D eigenvalue weighted by molar-refractivity contribution is 0.104. The molecule has 3 heteroatoms. The smallest absolute Gasteiger partial charge is 0.187 e. The van der Waals surface area contributed by atoms with Gasteiger partial charge >= 0.3 is 0 Å². The predicted octanol–water partition coefficient (Wildman–Crippen LogP) is 2.64. The van der Waals surface area contributed by atoms with Gasteiger partial charge in [-0.2, -0.15) is 0 Å². The van der Waals surface area contributed by atoms with Gasteiger partial charge in [-0.3, -0.25) is 4.79 Å². The number of rotatable bonds is 2. The SMILES string of the molecule is C/C=C/C(=O)c1cccc2c1nc(C)n2C. The maximum atomic E-state index is 11.8. The van der Waals surface area contributed by atoms with Crippen LogP contribution >= 0.6 is 0 Å². The summed E-state index contributed by atoms with van der Waals surface area (Å²) in [6, 6.07) is 5.68. The molecule has 1 aromatic heterocycles. The number of para-hydroxylation sites is 1. The standard InChI is InChI=1S/C13H14N2O/c1-4-6-12(16)10-7-5-8-11-13(10)14-9(2)15(11)3/h4-8H,1-3H3/b6-4+. The zero-order valence-corrected chi connectivity index (χ0v) is 9.69. The van der Waals surface area contributed by atoms with Gasteiger partial charge < -0.3 is 4.57 Å². The van der Waals surface area contributed by atoms with Crippen LogP contribution in [0.5, 0.6) is 0 Å². The fourth-order valence-electron chi connectivity index (χ4n) is 1.77. The molecule has 0 fully saturated rings. The van der Waals surface area contributed by atoms with Gasteiger partial charge in [0.1, 0.15) is 5.82 Å². The molecule has 0 N–H and O–H groups in total. The maximum absolute atomic E-state index is 11.8. The molecule has 1 heterocycles. The molecule has 0 saturated carbocycles. The van der Waals surface area contributed by atoms with Crippen LogP contribution in [0, 0.1) is 6.92 Å². The third kappa shape index (κ3) is 1.54. The predicted molar refractivity (Wildman–Crippen MR) is 64.6 cm³/mol. The molecule has 0 saturated heterocycles. The third-order valence-electron chi connectivity index (χ3n) is 2.72. The summed E-state index contributed by atoms with van der Waals surface area (Å²) in [5, 5.41) is 0. The van der Waals surface area contributed by atoms with Crippen LogP contribution in [0.3, 0.4) is 0 Å². The van der Waals surface area contributed by atoms with Gasteiger partial charge in [0.25, 0.3) is 0 Å². The van der Waals surface area contributed by atoms with E-state index in [1.807, 2.05) is 43.7 Å². The lowest BCUT2D eigenvalue weighted by Gasteiger charge is -1.98. The van der Waals surface area contributed by atoms with Crippen LogP contribution in [0.25, 0.3) is 11.0 Å². The molecule has 0 bridgehead atoms. The number of imidazole rings is 1. The molecular formula is C13H14N2O. The number of aryl methyl sites for hydroxylation is 2. The largest absolute Gasteiger partial charge is 0.331 e. The molecule has 0 radical (unpaired) electrons. The Morgan fingerprint density at radius 2 is 2.19 bits per heavy atom. The summed E-state index contributed by atoms with van der Waals surface area (Å²) >= 11 is 0. The number of carbonyl (C=O) groups excluding carboxylic acids is 1. The Hall–Kier alpha value is -1.90. The minimum atomic E-state index is 0.00574. The van der Waals surface area contributed by atoms with E-state index in [9.17, 15) is 4.79 Å². The van der Waals surface area contributed by atoms with Crippen LogP contribution in [0.4, 0.5) is 0 Å². The average molecular weight is 214 g/mol. The van der Waals surface area contributed by atoms with Crippen molar-refractivity contribution in [3.05, 3.63) is 41.7 Å². The summed E-state index contributed by atoms with van der Waals surface area (Å²) < 4.78 is 1.99. The normalized spacial score (nSPS) is 11.4. The Morgan fingerprint density at radius 3 is 2.88 bits per heavy atom. The lowest BCUT2D eigenvalue weighted by Crippen LogP contribution is -1.95. The highest BCUT2D eigenvalue weighted by molar-refractivity contribution is 6.12. The zero-order chi connectivity index (χ0) is 11.7. The highest BCUT2D eigenvalue weighted by Gasteiger charge is 2.11. The van der Waals surface area contributed by atoms with Gasteiger partial charge in [0.15, 0.2) is 5.78 Å². The molecule has 0 unspecified atom stereocenters. The molecule has 0 amide bonds. The van der Waals surface area contributed by atoms with E-state index in [1.165, 1.54) is 0 Å². The van der Waals surface area contributed by atoms with Gasteiger partial charge in [-0.1, -0.05) is 12.1 Å². The Morgan fingerprint density at radius 1 is 1.44 bits per heavy atom. The molecule has 0 aliphatic rings. The Bertz CT molecular complexity index is 579. The molecule has 16 heavy (non-hydrogen) atoms. The molecular weight excluding hydrogens is 200 g/mol. The van der Waals surface area contributed by atoms with Crippen molar-refractivity contribution in [2.75, 3.05) is 0 Å². The number of hydrogen-bond donors (Lipinski definition) is 0. The summed E-state index contributed by atoms with van der Waals surface area (Å²) in [4.78, 5) is 16.3. The van der Waals surface area contributed by atoms with Crippen LogP contribution in [0.15, 0.2) is 30.4 Å². The van der Waals surface area contributed by atoms with Crippen LogP contribution in [0.1, 0.15) is 23.1 Å². The van der Waals surface area contributed by atoms with Crippen LogP contribution in [-0.4, -0.2) is 15.3 Å². The molecule has 2 rings (SSSR count). The average Bonchev–Trinajstić information content (AvgIpc) is 2.55. The minimum absolute atomic E-state index is 0.00574. The summed E-state index contributed by atoms with van der Waals surface area (Å²) in [5.41, 5.74) is 2.44. The van der Waals surface area contributed by atoms with Crippen LogP contribution in [0.2, 0.25) is 0 Å². The number of benzene rings is 1. The van der Waals surface area contributed by atoms with E-state index in [0.717, 1.165) is 16.9 Å². The van der Waals surface area contributed by atoms with Crippen molar-refractivity contribution in [1.82, 2.24) is 9.55 Å². The first-order valence-electron chi connectivity index (χ1n) is 5.24. The molecule has 82 valence electrons. The highest BCUT2D eigenvalue weighted by atomic mass is 16.1. The highest BCUT2D eigenvalue weighted by Crippen LogP contribution is 2.19. The second-order valence-corrected chi connectivity index (χ2v) is 3.76. The number of aromatic nitrogens is 2. The molecule has 1 aromatic carbocycles. The van der Waals surface area contributed by atoms with E-state index < -0.39 is 0 Å². The monoisotopic (exact) mass is 214 g/mol. The van der Waals surface area contributed by atoms with Crippen molar-refractivity contribution in [3.8, 4) is 0 Å². The fourth-order valence-corrected chi connectivity index (χ4v) is 1.77. The maximum Gasteiger partial charge on any atom is 0.187 e. The van der Waals surface area contributed by atoms with E-state index >= 15 is 0 Å². The van der Waals surface area contributed by atoms with Crippen molar-refractivity contribution in [2.45, 2.75) is 13.8 Å². The van der Waals surface area contributed by atoms with E-state index in [0.29, 0.717) is 5.56 Å². The van der Waals surface area contributed by atoms with Gasteiger partial charge in [-0.05, 0) is 32.1 Å². The van der Waals surface area contributed by atoms with Crippen LogP contribution < -0.4 is 0 Å². The molecule has 0 spiro atoms. The fraction of sp³-hybridized carbons (Fsp3) is 0.231. The number of hydrogen-bond acceptors (Lipinski definition) is 2. The second-order valence-electron chi connectivity index (χ2n) is 3.76. The second kappa shape index (κ2) is 3.93. The summed E-state index contributed by atoms with van der Waals surface area (Å²) in [7, 11) is 1.95. The van der Waals surface area contributed by atoms with Gasteiger partial charge in [0.2, 0.25) is 0 Å². The minimum Gasteiger partial charge on any atom is -0.331 e.